The van der Waals surface area contributed by atoms with Crippen LogP contribution in [0.3, 0.4) is 0 Å². The average molecular weight is 254 g/mol. The largest absolute Gasteiger partial charge is 0.491 e. The monoisotopic (exact) mass is 254 g/mol. The third-order valence-corrected chi connectivity index (χ3v) is 2.55. The normalized spacial score (nSPS) is 10.2. The maximum absolute atomic E-state index is 13.5. The lowest BCUT2D eigenvalue weighted by Gasteiger charge is -2.10. The van der Waals surface area contributed by atoms with Crippen molar-refractivity contribution in [3.8, 4) is 5.75 Å². The van der Waals surface area contributed by atoms with Gasteiger partial charge in [-0.15, -0.1) is 0 Å². The molecule has 0 aliphatic carbocycles. The molecular weight excluding hydrogens is 235 g/mol. The molecule has 0 saturated carbocycles. The van der Waals surface area contributed by atoms with Gasteiger partial charge in [0.1, 0.15) is 0 Å². The number of carbonyl (C=O) groups is 1. The van der Waals surface area contributed by atoms with Crippen molar-refractivity contribution < 1.29 is 13.9 Å². The molecule has 0 atom stereocenters. The van der Waals surface area contributed by atoms with Crippen LogP contribution < -0.4 is 10.6 Å². The minimum atomic E-state index is -0.364. The van der Waals surface area contributed by atoms with Crippen LogP contribution in [0.5, 0.6) is 5.75 Å². The number of hydrogen-bond donors (Lipinski definition) is 1. The van der Waals surface area contributed by atoms with Gasteiger partial charge in [0.25, 0.3) is 0 Å². The first kappa shape index (κ1) is 14.4. The summed E-state index contributed by atoms with van der Waals surface area (Å²) in [4.78, 5) is 11.2. The van der Waals surface area contributed by atoms with Gasteiger partial charge in [0, 0.05) is 13.5 Å². The predicted octanol–water partition coefficient (Wildman–Crippen LogP) is 1.88. The smallest absolute Gasteiger partial charge is 0.236 e. The van der Waals surface area contributed by atoms with E-state index in [1.807, 2.05) is 13.0 Å². The Morgan fingerprint density at radius 2 is 2.22 bits per heavy atom. The van der Waals surface area contributed by atoms with Crippen LogP contribution >= 0.6 is 0 Å². The Balaban J connectivity index is 2.48. The van der Waals surface area contributed by atoms with E-state index in [1.54, 1.807) is 6.07 Å². The number of ether oxygens (including phenoxy) is 1. The fourth-order valence-corrected chi connectivity index (χ4v) is 1.59. The van der Waals surface area contributed by atoms with Crippen LogP contribution in [0.2, 0.25) is 0 Å². The van der Waals surface area contributed by atoms with Gasteiger partial charge >= 0.3 is 0 Å². The topological polar surface area (TPSA) is 55.6 Å². The van der Waals surface area contributed by atoms with Crippen LogP contribution in [0.15, 0.2) is 18.2 Å². The molecule has 0 radical (unpaired) electrons. The molecule has 0 spiro atoms. The van der Waals surface area contributed by atoms with E-state index in [0.717, 1.165) is 10.6 Å². The van der Waals surface area contributed by atoms with Gasteiger partial charge in [0.15, 0.2) is 11.6 Å². The summed E-state index contributed by atoms with van der Waals surface area (Å²) >= 11 is 0. The SMILES string of the molecule is CCOc1ccc(CCCC(=O)N(C)N)cc1F. The summed E-state index contributed by atoms with van der Waals surface area (Å²) in [6, 6.07) is 4.87. The maximum atomic E-state index is 13.5. The van der Waals surface area contributed by atoms with E-state index in [-0.39, 0.29) is 17.5 Å². The lowest BCUT2D eigenvalue weighted by atomic mass is 10.1. The molecule has 1 amide bonds. The first-order valence-electron chi connectivity index (χ1n) is 5.97. The molecular formula is C13H19FN2O2. The molecule has 5 heteroatoms. The summed E-state index contributed by atoms with van der Waals surface area (Å²) in [6.07, 6.45) is 1.65. The number of rotatable bonds is 6. The summed E-state index contributed by atoms with van der Waals surface area (Å²) in [7, 11) is 1.51. The van der Waals surface area contributed by atoms with Crippen LogP contribution in [0.25, 0.3) is 0 Å². The number of hydrazine groups is 1. The highest BCUT2D eigenvalue weighted by Gasteiger charge is 2.06. The summed E-state index contributed by atoms with van der Waals surface area (Å²) in [6.45, 7) is 2.25. The van der Waals surface area contributed by atoms with Crippen molar-refractivity contribution in [2.24, 2.45) is 5.84 Å². The van der Waals surface area contributed by atoms with Gasteiger partial charge in [-0.3, -0.25) is 9.80 Å². The Morgan fingerprint density at radius 1 is 1.50 bits per heavy atom. The molecule has 0 saturated heterocycles. The van der Waals surface area contributed by atoms with Crippen molar-refractivity contribution >= 4 is 5.91 Å². The summed E-state index contributed by atoms with van der Waals surface area (Å²) in [5.74, 6) is 5.07. The van der Waals surface area contributed by atoms with Crippen LogP contribution in [0.4, 0.5) is 4.39 Å². The molecule has 0 fully saturated rings. The third kappa shape index (κ3) is 4.33. The first-order chi connectivity index (χ1) is 8.54. The van der Waals surface area contributed by atoms with Crippen LogP contribution in [0, 0.1) is 5.82 Å². The van der Waals surface area contributed by atoms with Gasteiger partial charge in [0.05, 0.1) is 6.61 Å². The van der Waals surface area contributed by atoms with Gasteiger partial charge in [0.2, 0.25) is 5.91 Å². The minimum absolute atomic E-state index is 0.124. The van der Waals surface area contributed by atoms with Gasteiger partial charge < -0.3 is 4.74 Å². The fourth-order valence-electron chi connectivity index (χ4n) is 1.59. The Labute approximate surface area is 106 Å². The zero-order valence-corrected chi connectivity index (χ0v) is 10.8. The molecule has 4 nitrogen and oxygen atoms in total. The lowest BCUT2D eigenvalue weighted by Crippen LogP contribution is -2.32. The predicted molar refractivity (Wildman–Crippen MR) is 67.5 cm³/mol. The van der Waals surface area contributed by atoms with Crippen molar-refractivity contribution in [1.29, 1.82) is 0 Å². The Hall–Kier alpha value is -1.62. The van der Waals surface area contributed by atoms with Crippen LogP contribution in [0.1, 0.15) is 25.3 Å². The van der Waals surface area contributed by atoms with E-state index in [4.69, 9.17) is 10.6 Å². The Kier molecular flexibility index (Phi) is 5.58. The van der Waals surface area contributed by atoms with E-state index in [0.29, 0.717) is 25.9 Å². The molecule has 0 bridgehead atoms. The molecule has 0 heterocycles. The second kappa shape index (κ2) is 6.96. The average Bonchev–Trinajstić information content (AvgIpc) is 2.32. The highest BCUT2D eigenvalue weighted by atomic mass is 19.1. The fraction of sp³-hybridized carbons (Fsp3) is 0.462. The first-order valence-corrected chi connectivity index (χ1v) is 5.97. The molecule has 0 unspecified atom stereocenters. The van der Waals surface area contributed by atoms with Crippen LogP contribution in [-0.2, 0) is 11.2 Å². The molecule has 1 rings (SSSR count). The molecule has 0 aromatic heterocycles. The number of hydrogen-bond acceptors (Lipinski definition) is 3. The lowest BCUT2D eigenvalue weighted by molar-refractivity contribution is -0.130. The van der Waals surface area contributed by atoms with Crippen molar-refractivity contribution in [3.05, 3.63) is 29.6 Å². The summed E-state index contributed by atoms with van der Waals surface area (Å²) in [5, 5.41) is 1.07. The second-order valence-corrected chi connectivity index (χ2v) is 4.06. The van der Waals surface area contributed by atoms with E-state index < -0.39 is 0 Å². The van der Waals surface area contributed by atoms with E-state index >= 15 is 0 Å². The van der Waals surface area contributed by atoms with Crippen molar-refractivity contribution in [3.63, 3.8) is 0 Å². The Morgan fingerprint density at radius 3 is 2.78 bits per heavy atom. The molecule has 0 aliphatic rings. The van der Waals surface area contributed by atoms with Gasteiger partial charge in [-0.25, -0.2) is 10.2 Å². The maximum Gasteiger partial charge on any atom is 0.236 e. The van der Waals surface area contributed by atoms with Gasteiger partial charge in [-0.05, 0) is 37.5 Å². The number of aryl methyl sites for hydroxylation is 1. The molecule has 2 N–H and O–H groups in total. The molecule has 0 aliphatic heterocycles. The van der Waals surface area contributed by atoms with Crippen molar-refractivity contribution in [2.75, 3.05) is 13.7 Å². The quantitative estimate of drug-likeness (QED) is 0.479. The van der Waals surface area contributed by atoms with Gasteiger partial charge in [-0.1, -0.05) is 6.07 Å². The number of nitrogens with zero attached hydrogens (tertiary/aromatic N) is 1. The molecule has 1 aromatic rings. The zero-order chi connectivity index (χ0) is 13.5. The van der Waals surface area contributed by atoms with Crippen molar-refractivity contribution in [1.82, 2.24) is 5.01 Å². The number of benzene rings is 1. The molecule has 18 heavy (non-hydrogen) atoms. The second-order valence-electron chi connectivity index (χ2n) is 4.06. The number of nitrogens with two attached hydrogens (primary N) is 1. The van der Waals surface area contributed by atoms with Crippen LogP contribution in [-0.4, -0.2) is 24.6 Å². The van der Waals surface area contributed by atoms with Crippen molar-refractivity contribution in [2.45, 2.75) is 26.2 Å². The summed E-state index contributed by atoms with van der Waals surface area (Å²) < 4.78 is 18.6. The standard InChI is InChI=1S/C13H19FN2O2/c1-3-18-12-8-7-10(9-11(12)14)5-4-6-13(17)16(2)15/h7-9H,3-6,15H2,1-2H3. The number of carbonyl (C=O) groups excluding carboxylic acids is 1. The highest BCUT2D eigenvalue weighted by Crippen LogP contribution is 2.19. The third-order valence-electron chi connectivity index (χ3n) is 2.55. The van der Waals surface area contributed by atoms with E-state index in [9.17, 15) is 9.18 Å². The number of amides is 1. The summed E-state index contributed by atoms with van der Waals surface area (Å²) in [5.41, 5.74) is 0.850. The molecule has 1 aromatic carbocycles. The highest BCUT2D eigenvalue weighted by molar-refractivity contribution is 5.75. The van der Waals surface area contributed by atoms with E-state index in [2.05, 4.69) is 0 Å². The minimum Gasteiger partial charge on any atom is -0.491 e. The molecule has 100 valence electrons. The van der Waals surface area contributed by atoms with Gasteiger partial charge in [-0.2, -0.15) is 0 Å². The van der Waals surface area contributed by atoms with E-state index in [1.165, 1.54) is 13.1 Å². The number of halogens is 1. The Bertz CT molecular complexity index is 408. The zero-order valence-electron chi connectivity index (χ0n) is 10.8.